The van der Waals surface area contributed by atoms with Gasteiger partial charge in [-0.3, -0.25) is 14.6 Å². The maximum atomic E-state index is 12.9. The topological polar surface area (TPSA) is 95.7 Å². The van der Waals surface area contributed by atoms with E-state index in [2.05, 4.69) is 10.3 Å². The van der Waals surface area contributed by atoms with Crippen molar-refractivity contribution in [3.8, 4) is 5.75 Å². The van der Waals surface area contributed by atoms with Gasteiger partial charge in [0, 0.05) is 37.1 Å². The Kier molecular flexibility index (Phi) is 6.73. The Labute approximate surface area is 213 Å². The van der Waals surface area contributed by atoms with Gasteiger partial charge in [0.2, 0.25) is 5.91 Å². The number of halogens is 1. The lowest BCUT2D eigenvalue weighted by Gasteiger charge is -2.32. The Morgan fingerprint density at radius 1 is 1.08 bits per heavy atom. The number of anilines is 1. The number of nitrogens with one attached hydrogen (secondary N) is 1. The summed E-state index contributed by atoms with van der Waals surface area (Å²) in [6, 6.07) is 15.9. The third-order valence-electron chi connectivity index (χ3n) is 6.38. The zero-order valence-corrected chi connectivity index (χ0v) is 20.1. The molecule has 0 spiro atoms. The lowest BCUT2D eigenvalue weighted by atomic mass is 9.89. The van der Waals surface area contributed by atoms with E-state index in [-0.39, 0.29) is 17.6 Å². The van der Waals surface area contributed by atoms with Crippen molar-refractivity contribution in [2.75, 3.05) is 18.4 Å². The molecular formula is C28H24ClN3O4. The number of piperidine rings is 1. The van der Waals surface area contributed by atoms with E-state index in [1.54, 1.807) is 36.7 Å². The second-order valence-electron chi connectivity index (χ2n) is 8.74. The molecule has 1 aliphatic rings. The summed E-state index contributed by atoms with van der Waals surface area (Å²) in [5.74, 6) is 0.115. The highest BCUT2D eigenvalue weighted by Gasteiger charge is 2.25. The van der Waals surface area contributed by atoms with Gasteiger partial charge in [-0.25, -0.2) is 0 Å². The molecule has 2 amide bonds. The lowest BCUT2D eigenvalue weighted by Crippen LogP contribution is -2.37. The van der Waals surface area contributed by atoms with Crippen LogP contribution in [0.15, 0.2) is 77.6 Å². The van der Waals surface area contributed by atoms with Crippen LogP contribution in [0, 0.1) is 0 Å². The van der Waals surface area contributed by atoms with Gasteiger partial charge < -0.3 is 19.7 Å². The fourth-order valence-corrected chi connectivity index (χ4v) is 4.64. The number of likely N-dealkylation sites (tertiary alicyclic amines) is 1. The van der Waals surface area contributed by atoms with Crippen LogP contribution in [-0.4, -0.2) is 39.9 Å². The minimum atomic E-state index is -0.277. The molecule has 0 unspecified atom stereocenters. The van der Waals surface area contributed by atoms with Gasteiger partial charge >= 0.3 is 0 Å². The van der Waals surface area contributed by atoms with Gasteiger partial charge in [-0.2, -0.15) is 0 Å². The molecule has 2 aromatic carbocycles. The SMILES string of the molecule is O=C(/C=C/c1ccc(O)cc1Cl)Nc1ccc(C2CCN(C(=O)c3cnc4ccoc4c3)CC2)cc1. The van der Waals surface area contributed by atoms with Gasteiger partial charge in [-0.1, -0.05) is 23.7 Å². The van der Waals surface area contributed by atoms with Crippen molar-refractivity contribution in [1.82, 2.24) is 9.88 Å². The van der Waals surface area contributed by atoms with E-state index in [0.29, 0.717) is 46.4 Å². The Balaban J connectivity index is 1.14. The van der Waals surface area contributed by atoms with Crippen LogP contribution in [0.5, 0.6) is 5.75 Å². The van der Waals surface area contributed by atoms with Crippen LogP contribution >= 0.6 is 11.6 Å². The van der Waals surface area contributed by atoms with E-state index >= 15 is 0 Å². The summed E-state index contributed by atoms with van der Waals surface area (Å²) in [6.45, 7) is 1.34. The summed E-state index contributed by atoms with van der Waals surface area (Å²) in [5, 5.41) is 12.6. The number of aromatic nitrogens is 1. The zero-order chi connectivity index (χ0) is 25.1. The number of hydrogen-bond donors (Lipinski definition) is 2. The maximum absolute atomic E-state index is 12.9. The number of phenols is 1. The number of rotatable bonds is 5. The van der Waals surface area contributed by atoms with Crippen molar-refractivity contribution in [1.29, 1.82) is 0 Å². The molecule has 4 aromatic rings. The number of aromatic hydroxyl groups is 1. The molecule has 0 atom stereocenters. The predicted molar refractivity (Wildman–Crippen MR) is 139 cm³/mol. The van der Waals surface area contributed by atoms with E-state index < -0.39 is 0 Å². The van der Waals surface area contributed by atoms with Gasteiger partial charge in [-0.15, -0.1) is 0 Å². The molecule has 0 bridgehead atoms. The predicted octanol–water partition coefficient (Wildman–Crippen LogP) is 5.86. The Morgan fingerprint density at radius 3 is 2.61 bits per heavy atom. The number of pyridine rings is 1. The molecule has 0 radical (unpaired) electrons. The zero-order valence-electron chi connectivity index (χ0n) is 19.4. The van der Waals surface area contributed by atoms with Crippen LogP contribution in [0.25, 0.3) is 17.2 Å². The highest BCUT2D eigenvalue weighted by Crippen LogP contribution is 2.30. The number of benzene rings is 2. The normalized spacial score (nSPS) is 14.4. The molecule has 2 N–H and O–H groups in total. The van der Waals surface area contributed by atoms with E-state index in [1.165, 1.54) is 23.8 Å². The molecule has 3 heterocycles. The first-order valence-electron chi connectivity index (χ1n) is 11.7. The second-order valence-corrected chi connectivity index (χ2v) is 9.15. The standard InChI is InChI=1S/C28H24ClN3O4/c29-24-16-23(33)7-3-20(24)4-8-27(34)31-22-5-1-18(2-6-22)19-9-12-32(13-10-19)28(35)21-15-26-25(30-17-21)11-14-36-26/h1-8,11,14-17,19,33H,9-10,12-13H2,(H,31,34)/b8-4+. The molecule has 2 aromatic heterocycles. The molecule has 36 heavy (non-hydrogen) atoms. The Hall–Kier alpha value is -4.10. The van der Waals surface area contributed by atoms with Gasteiger partial charge in [0.15, 0.2) is 5.58 Å². The van der Waals surface area contributed by atoms with Crippen LogP contribution in [0.4, 0.5) is 5.69 Å². The molecule has 1 saturated heterocycles. The van der Waals surface area contributed by atoms with Gasteiger partial charge in [0.25, 0.3) is 5.91 Å². The van der Waals surface area contributed by atoms with Crippen molar-refractivity contribution >= 4 is 46.3 Å². The fourth-order valence-electron chi connectivity index (χ4n) is 4.40. The molecule has 7 nitrogen and oxygen atoms in total. The molecular weight excluding hydrogens is 478 g/mol. The Bertz CT molecular complexity index is 1440. The average molecular weight is 502 g/mol. The lowest BCUT2D eigenvalue weighted by molar-refractivity contribution is -0.111. The van der Waals surface area contributed by atoms with Crippen molar-refractivity contribution in [2.24, 2.45) is 0 Å². The highest BCUT2D eigenvalue weighted by atomic mass is 35.5. The van der Waals surface area contributed by atoms with Crippen molar-refractivity contribution in [2.45, 2.75) is 18.8 Å². The highest BCUT2D eigenvalue weighted by molar-refractivity contribution is 6.32. The molecule has 0 saturated carbocycles. The van der Waals surface area contributed by atoms with Crippen LogP contribution in [0.2, 0.25) is 5.02 Å². The minimum Gasteiger partial charge on any atom is -0.508 e. The maximum Gasteiger partial charge on any atom is 0.255 e. The summed E-state index contributed by atoms with van der Waals surface area (Å²) in [6.07, 6.45) is 7.90. The summed E-state index contributed by atoms with van der Waals surface area (Å²) in [5.41, 5.74) is 4.41. The number of fused-ring (bicyclic) bond motifs is 1. The third kappa shape index (κ3) is 5.26. The number of hydrogen-bond acceptors (Lipinski definition) is 5. The van der Waals surface area contributed by atoms with Crippen LogP contribution < -0.4 is 5.32 Å². The summed E-state index contributed by atoms with van der Waals surface area (Å²) in [7, 11) is 0. The van der Waals surface area contributed by atoms with Crippen LogP contribution in [0.3, 0.4) is 0 Å². The van der Waals surface area contributed by atoms with E-state index in [1.807, 2.05) is 29.2 Å². The van der Waals surface area contributed by atoms with Crippen molar-refractivity contribution in [3.63, 3.8) is 0 Å². The van der Waals surface area contributed by atoms with Gasteiger partial charge in [0.05, 0.1) is 16.8 Å². The molecule has 182 valence electrons. The Morgan fingerprint density at radius 2 is 1.86 bits per heavy atom. The first-order chi connectivity index (χ1) is 17.5. The number of phenolic OH excluding ortho intramolecular Hbond substituents is 1. The quantitative estimate of drug-likeness (QED) is 0.334. The number of amides is 2. The van der Waals surface area contributed by atoms with Gasteiger partial charge in [-0.05, 0) is 72.4 Å². The van der Waals surface area contributed by atoms with Crippen molar-refractivity contribution < 1.29 is 19.1 Å². The first-order valence-corrected chi connectivity index (χ1v) is 12.0. The number of nitrogens with zero attached hydrogens (tertiary/aromatic N) is 2. The van der Waals surface area contributed by atoms with Crippen LogP contribution in [0.1, 0.15) is 40.2 Å². The molecule has 5 rings (SSSR count). The van der Waals surface area contributed by atoms with E-state index in [0.717, 1.165) is 18.4 Å². The van der Waals surface area contributed by atoms with Gasteiger partial charge in [0.1, 0.15) is 11.3 Å². The first kappa shape index (κ1) is 23.6. The molecule has 0 aliphatic carbocycles. The monoisotopic (exact) mass is 501 g/mol. The average Bonchev–Trinajstić information content (AvgIpc) is 3.36. The molecule has 1 aliphatic heterocycles. The summed E-state index contributed by atoms with van der Waals surface area (Å²) in [4.78, 5) is 31.4. The summed E-state index contributed by atoms with van der Waals surface area (Å²) >= 11 is 6.07. The van der Waals surface area contributed by atoms with E-state index in [4.69, 9.17) is 16.0 Å². The second kappa shape index (κ2) is 10.3. The smallest absolute Gasteiger partial charge is 0.255 e. The van der Waals surface area contributed by atoms with Crippen molar-refractivity contribution in [3.05, 3.63) is 94.8 Å². The number of carbonyl (C=O) groups is 2. The fraction of sp³-hybridized carbons (Fsp3) is 0.179. The number of furan rings is 1. The summed E-state index contributed by atoms with van der Waals surface area (Å²) < 4.78 is 5.37. The number of carbonyl (C=O) groups excluding carboxylic acids is 2. The molecule has 8 heteroatoms. The largest absolute Gasteiger partial charge is 0.508 e. The minimum absolute atomic E-state index is 0.0287. The van der Waals surface area contributed by atoms with E-state index in [9.17, 15) is 14.7 Å². The third-order valence-corrected chi connectivity index (χ3v) is 6.71. The molecule has 1 fully saturated rings. The van der Waals surface area contributed by atoms with Crippen LogP contribution in [-0.2, 0) is 4.79 Å².